The summed E-state index contributed by atoms with van der Waals surface area (Å²) in [5.41, 5.74) is 1.53. The van der Waals surface area contributed by atoms with Crippen LogP contribution in [0, 0.1) is 6.92 Å². The Kier molecular flexibility index (Phi) is 7.20. The van der Waals surface area contributed by atoms with Crippen LogP contribution < -0.4 is 9.14 Å². The third-order valence-electron chi connectivity index (χ3n) is 5.74. The van der Waals surface area contributed by atoms with Crippen LogP contribution in [0.2, 0.25) is 0 Å². The maximum atomic E-state index is 10.7. The lowest BCUT2D eigenvalue weighted by Gasteiger charge is -2.09. The fourth-order valence-corrected chi connectivity index (χ4v) is 4.03. The van der Waals surface area contributed by atoms with E-state index in [1.807, 2.05) is 12.1 Å². The number of pyridine rings is 2. The summed E-state index contributed by atoms with van der Waals surface area (Å²) >= 11 is 0. The molecule has 190 valence electrons. The number of ether oxygens (including phenoxy) is 1. The molecule has 2 heterocycles. The second-order valence-electron chi connectivity index (χ2n) is 8.25. The Morgan fingerprint density at radius 1 is 0.784 bits per heavy atom. The highest BCUT2D eigenvalue weighted by Gasteiger charge is 2.36. The molecule has 0 aliphatic carbocycles. The molecular weight excluding hydrogens is 503 g/mol. The molecule has 0 fully saturated rings. The topological polar surface area (TPSA) is 70.5 Å². The lowest BCUT2D eigenvalue weighted by Crippen LogP contribution is -2.28. The Labute approximate surface area is 212 Å². The van der Waals surface area contributed by atoms with Crippen LogP contribution in [0.4, 0.5) is 13.2 Å². The van der Waals surface area contributed by atoms with Crippen molar-refractivity contribution in [1.82, 2.24) is 0 Å². The van der Waals surface area contributed by atoms with Gasteiger partial charge < -0.3 is 9.29 Å². The zero-order valence-electron chi connectivity index (χ0n) is 19.9. The number of fused-ring (bicyclic) bond motifs is 3. The summed E-state index contributed by atoms with van der Waals surface area (Å²) in [7, 11) is -4.39. The van der Waals surface area contributed by atoms with Crippen molar-refractivity contribution in [2.45, 2.75) is 12.4 Å². The largest absolute Gasteiger partial charge is 0.741 e. The van der Waals surface area contributed by atoms with Crippen LogP contribution in [0.15, 0.2) is 97.1 Å². The number of hydrogen-bond donors (Lipinski definition) is 0. The van der Waals surface area contributed by atoms with E-state index in [9.17, 15) is 13.2 Å². The van der Waals surface area contributed by atoms with Crippen LogP contribution in [0.5, 0.6) is 5.75 Å². The third-order valence-corrected chi connectivity index (χ3v) is 6.31. The Morgan fingerprint density at radius 2 is 1.41 bits per heavy atom. The Hall–Kier alpha value is -3.95. The van der Waals surface area contributed by atoms with E-state index in [-0.39, 0.29) is 0 Å². The fourth-order valence-electron chi connectivity index (χ4n) is 4.03. The van der Waals surface area contributed by atoms with Crippen LogP contribution >= 0.6 is 0 Å². The van der Waals surface area contributed by atoms with Gasteiger partial charge in [0.25, 0.3) is 0 Å². The lowest BCUT2D eigenvalue weighted by molar-refractivity contribution is -0.485. The molecule has 37 heavy (non-hydrogen) atoms. The van der Waals surface area contributed by atoms with Crippen molar-refractivity contribution < 1.29 is 35.3 Å². The van der Waals surface area contributed by atoms with E-state index in [2.05, 4.69) is 96.3 Å². The molecule has 0 aliphatic heterocycles. The molecule has 0 unspecified atom stereocenters. The van der Waals surface area contributed by atoms with E-state index >= 15 is 0 Å². The van der Waals surface area contributed by atoms with E-state index in [1.165, 1.54) is 33.1 Å². The number of aryl methyl sites for hydroxylation is 1. The summed E-state index contributed by atoms with van der Waals surface area (Å²) < 4.78 is 66.6. The van der Waals surface area contributed by atoms with E-state index in [0.29, 0.717) is 0 Å². The Bertz CT molecular complexity index is 1670. The Morgan fingerprint density at radius 3 is 2.00 bits per heavy atom. The second kappa shape index (κ2) is 10.2. The highest BCUT2D eigenvalue weighted by molar-refractivity contribution is 7.86. The number of rotatable bonds is 3. The number of alkyl halides is 3. The van der Waals surface area contributed by atoms with E-state index in [0.717, 1.165) is 17.0 Å². The molecule has 0 saturated carbocycles. The summed E-state index contributed by atoms with van der Waals surface area (Å²) in [5, 5.41) is 2.52. The van der Waals surface area contributed by atoms with Crippen LogP contribution in [-0.4, -0.2) is 25.6 Å². The van der Waals surface area contributed by atoms with Crippen molar-refractivity contribution >= 4 is 26.4 Å². The predicted octanol–water partition coefficient (Wildman–Crippen LogP) is 6.28. The number of hydrogen-bond acceptors (Lipinski definition) is 4. The monoisotopic (exact) mass is 525 g/mol. The van der Waals surface area contributed by atoms with Gasteiger partial charge in [-0.1, -0.05) is 35.9 Å². The normalized spacial score (nSPS) is 11.7. The van der Waals surface area contributed by atoms with Gasteiger partial charge in [-0.05, 0) is 60.8 Å². The van der Waals surface area contributed by atoms with Gasteiger partial charge in [0.1, 0.15) is 5.75 Å². The van der Waals surface area contributed by atoms with E-state index in [1.54, 1.807) is 7.11 Å². The van der Waals surface area contributed by atoms with Crippen LogP contribution in [-0.2, 0) is 10.1 Å². The summed E-state index contributed by atoms with van der Waals surface area (Å²) in [6, 6.07) is 34.4. The maximum absolute atomic E-state index is 10.7. The highest BCUT2D eigenvalue weighted by Crippen LogP contribution is 2.29. The highest BCUT2D eigenvalue weighted by atomic mass is 32.2. The molecule has 5 rings (SSSR count). The molecule has 2 aromatic heterocycles. The molecular formula is C28H22F3NO4S. The first-order chi connectivity index (χ1) is 17.5. The first kappa shape index (κ1) is 26.1. The van der Waals surface area contributed by atoms with Crippen molar-refractivity contribution in [3.63, 3.8) is 0 Å². The molecule has 0 atom stereocenters. The third kappa shape index (κ3) is 5.58. The number of benzene rings is 3. The summed E-state index contributed by atoms with van der Waals surface area (Å²) in [5.74, 6) is 0.864. The lowest BCUT2D eigenvalue weighted by atomic mass is 10.0. The predicted molar refractivity (Wildman–Crippen MR) is 135 cm³/mol. The van der Waals surface area contributed by atoms with Gasteiger partial charge in [0.15, 0.2) is 10.1 Å². The minimum atomic E-state index is -6.09. The van der Waals surface area contributed by atoms with Crippen molar-refractivity contribution in [2.75, 3.05) is 7.11 Å². The number of nitrogens with zero attached hydrogens (tertiary/aromatic N) is 1. The zero-order chi connectivity index (χ0) is 26.8. The van der Waals surface area contributed by atoms with Gasteiger partial charge in [0.05, 0.1) is 12.5 Å². The second-order valence-corrected chi connectivity index (χ2v) is 9.62. The number of aromatic nitrogens is 1. The molecule has 0 bridgehead atoms. The van der Waals surface area contributed by atoms with Crippen LogP contribution in [0.3, 0.4) is 0 Å². The van der Waals surface area contributed by atoms with Gasteiger partial charge >= 0.3 is 5.51 Å². The first-order valence-electron chi connectivity index (χ1n) is 11.1. The maximum Gasteiger partial charge on any atom is 0.485 e. The molecule has 0 N–H and O–H groups in total. The molecule has 0 saturated heterocycles. The van der Waals surface area contributed by atoms with Gasteiger partial charge in [-0.15, -0.1) is 0 Å². The zero-order valence-corrected chi connectivity index (χ0v) is 20.7. The standard InChI is InChI=1S/C27H22NO.CHF3O3S/c1-19-11-16-24-22(17-19)18-27(20-7-4-3-5-8-20)28-25(9-6-10-26(24)28)21-12-14-23(29-2)15-13-21;2-1(3,4)8(5,6)7/h3-18H,1-2H3;(H,5,6,7)/q+1;/p-1. The molecule has 3 aromatic carbocycles. The van der Waals surface area contributed by atoms with E-state index < -0.39 is 15.6 Å². The van der Waals surface area contributed by atoms with Gasteiger partial charge in [0, 0.05) is 29.3 Å². The van der Waals surface area contributed by atoms with Crippen molar-refractivity contribution in [2.24, 2.45) is 0 Å². The minimum Gasteiger partial charge on any atom is -0.741 e. The molecule has 5 nitrogen and oxygen atoms in total. The van der Waals surface area contributed by atoms with E-state index in [4.69, 9.17) is 17.7 Å². The average molecular weight is 526 g/mol. The van der Waals surface area contributed by atoms with Crippen molar-refractivity contribution in [3.05, 3.63) is 103 Å². The molecule has 0 aliphatic rings. The van der Waals surface area contributed by atoms with Crippen LogP contribution in [0.1, 0.15) is 5.56 Å². The molecule has 0 radical (unpaired) electrons. The van der Waals surface area contributed by atoms with Crippen LogP contribution in [0.25, 0.3) is 38.8 Å². The average Bonchev–Trinajstić information content (AvgIpc) is 2.87. The number of halogens is 3. The SMILES string of the molecule is COc1ccc(-c2cccc3c4ccc(C)cc4cc(-c4ccccc4)[n+]23)cc1.O=S(=O)([O-])C(F)(F)F. The first-order valence-corrected chi connectivity index (χ1v) is 12.5. The fraction of sp³-hybridized carbons (Fsp3) is 0.107. The van der Waals surface area contributed by atoms with Gasteiger partial charge in [0.2, 0.25) is 16.9 Å². The van der Waals surface area contributed by atoms with Gasteiger partial charge in [-0.2, -0.15) is 17.6 Å². The van der Waals surface area contributed by atoms with Gasteiger partial charge in [-0.25, -0.2) is 8.42 Å². The van der Waals surface area contributed by atoms with Crippen molar-refractivity contribution in [1.29, 1.82) is 0 Å². The summed E-state index contributed by atoms with van der Waals surface area (Å²) in [4.78, 5) is 0. The molecule has 0 amide bonds. The molecule has 9 heteroatoms. The quantitative estimate of drug-likeness (QED) is 0.120. The Balaban J connectivity index is 0.000000349. The summed E-state index contributed by atoms with van der Waals surface area (Å²) in [6.07, 6.45) is 0. The van der Waals surface area contributed by atoms with Gasteiger partial charge in [-0.3, -0.25) is 0 Å². The molecule has 0 spiro atoms. The molecule has 5 aromatic rings. The smallest absolute Gasteiger partial charge is 0.485 e. The summed E-state index contributed by atoms with van der Waals surface area (Å²) in [6.45, 7) is 2.15. The van der Waals surface area contributed by atoms with Crippen molar-refractivity contribution in [3.8, 4) is 28.3 Å². The minimum absolute atomic E-state index is 0.864. The number of methoxy groups -OCH3 is 1.